The number of nitrogens with two attached hydrogens (primary N) is 1. The molecule has 1 aromatic heterocycles. The lowest BCUT2D eigenvalue weighted by molar-refractivity contribution is 0.0697. The average Bonchev–Trinajstić information content (AvgIpc) is 2.42. The van der Waals surface area contributed by atoms with Crippen LogP contribution in [0.2, 0.25) is 0 Å². The van der Waals surface area contributed by atoms with Crippen molar-refractivity contribution in [2.75, 3.05) is 5.73 Å². The van der Waals surface area contributed by atoms with Crippen LogP contribution in [0, 0.1) is 6.92 Å². The highest BCUT2D eigenvalue weighted by atomic mass is 16.4. The molecule has 2 rings (SSSR count). The highest BCUT2D eigenvalue weighted by Crippen LogP contribution is 2.25. The minimum Gasteiger partial charge on any atom is -0.478 e. The molecule has 0 aliphatic rings. The zero-order chi connectivity index (χ0) is 11.2. The van der Waals surface area contributed by atoms with E-state index in [1.165, 1.54) is 6.07 Å². The first-order chi connectivity index (χ1) is 7.00. The van der Waals surface area contributed by atoms with Gasteiger partial charge in [-0.25, -0.2) is 4.79 Å². The van der Waals surface area contributed by atoms with E-state index in [1.807, 2.05) is 6.92 Å². The Morgan fingerprint density at radius 1 is 1.53 bits per heavy atom. The summed E-state index contributed by atoms with van der Waals surface area (Å²) in [7, 11) is 1.78. The van der Waals surface area contributed by atoms with Crippen LogP contribution in [0.5, 0.6) is 0 Å². The molecule has 0 unspecified atom stereocenters. The van der Waals surface area contributed by atoms with Crippen molar-refractivity contribution in [3.8, 4) is 0 Å². The lowest BCUT2D eigenvalue weighted by Crippen LogP contribution is -2.00. The number of rotatable bonds is 1. The summed E-state index contributed by atoms with van der Waals surface area (Å²) in [6, 6.07) is 3.04. The monoisotopic (exact) mass is 205 g/mol. The summed E-state index contributed by atoms with van der Waals surface area (Å²) < 4.78 is 1.66. The maximum absolute atomic E-state index is 10.8. The topological polar surface area (TPSA) is 81.1 Å². The van der Waals surface area contributed by atoms with Gasteiger partial charge in [0.15, 0.2) is 0 Å². The van der Waals surface area contributed by atoms with Gasteiger partial charge in [-0.1, -0.05) is 0 Å². The summed E-state index contributed by atoms with van der Waals surface area (Å²) in [4.78, 5) is 10.8. The van der Waals surface area contributed by atoms with Gasteiger partial charge >= 0.3 is 5.97 Å². The van der Waals surface area contributed by atoms with Crippen LogP contribution in [0.3, 0.4) is 0 Å². The second-order valence-corrected chi connectivity index (χ2v) is 3.48. The number of carbonyl (C=O) groups is 1. The largest absolute Gasteiger partial charge is 0.478 e. The molecule has 0 radical (unpaired) electrons. The third kappa shape index (κ3) is 1.32. The van der Waals surface area contributed by atoms with Gasteiger partial charge in [-0.15, -0.1) is 0 Å². The van der Waals surface area contributed by atoms with Gasteiger partial charge in [-0.05, 0) is 19.1 Å². The van der Waals surface area contributed by atoms with Crippen LogP contribution in [0.1, 0.15) is 16.1 Å². The molecule has 78 valence electrons. The minimum atomic E-state index is -0.980. The first-order valence-electron chi connectivity index (χ1n) is 4.47. The highest BCUT2D eigenvalue weighted by Gasteiger charge is 2.12. The number of nitrogens with zero attached hydrogens (tertiary/aromatic N) is 2. The van der Waals surface area contributed by atoms with Gasteiger partial charge < -0.3 is 10.8 Å². The van der Waals surface area contributed by atoms with E-state index in [1.54, 1.807) is 17.8 Å². The molecule has 5 heteroatoms. The number of hydrogen-bond donors (Lipinski definition) is 2. The molecule has 2 aromatic rings. The normalized spacial score (nSPS) is 10.8. The third-order valence-corrected chi connectivity index (χ3v) is 2.40. The van der Waals surface area contributed by atoms with E-state index in [4.69, 9.17) is 10.8 Å². The number of carboxylic acids is 1. The molecule has 0 saturated heterocycles. The van der Waals surface area contributed by atoms with Crippen molar-refractivity contribution in [3.05, 3.63) is 23.4 Å². The number of fused-ring (bicyclic) bond motifs is 1. The Balaban J connectivity index is 2.87. The third-order valence-electron chi connectivity index (χ3n) is 2.40. The van der Waals surface area contributed by atoms with Gasteiger partial charge in [0.1, 0.15) is 0 Å². The van der Waals surface area contributed by atoms with Crippen molar-refractivity contribution in [2.24, 2.45) is 7.05 Å². The SMILES string of the molecule is Cc1nn(C)c2c(N)cc(C(=O)O)cc12. The number of hydrogen-bond acceptors (Lipinski definition) is 3. The van der Waals surface area contributed by atoms with E-state index >= 15 is 0 Å². The Hall–Kier alpha value is -2.04. The Kier molecular flexibility index (Phi) is 1.89. The van der Waals surface area contributed by atoms with E-state index in [9.17, 15) is 4.79 Å². The number of carboxylic acid groups (broad SMARTS) is 1. The molecule has 5 nitrogen and oxygen atoms in total. The molecule has 0 amide bonds. The van der Waals surface area contributed by atoms with Crippen molar-refractivity contribution in [1.82, 2.24) is 9.78 Å². The van der Waals surface area contributed by atoms with Crippen LogP contribution in [0.4, 0.5) is 5.69 Å². The molecule has 3 N–H and O–H groups in total. The van der Waals surface area contributed by atoms with Crippen LogP contribution < -0.4 is 5.73 Å². The summed E-state index contributed by atoms with van der Waals surface area (Å²) in [6.45, 7) is 1.83. The van der Waals surface area contributed by atoms with Crippen molar-refractivity contribution in [3.63, 3.8) is 0 Å². The number of aryl methyl sites for hydroxylation is 2. The molecular weight excluding hydrogens is 194 g/mol. The summed E-state index contributed by atoms with van der Waals surface area (Å²) in [5.74, 6) is -0.980. The van der Waals surface area contributed by atoms with E-state index < -0.39 is 5.97 Å². The number of anilines is 1. The fourth-order valence-electron chi connectivity index (χ4n) is 1.75. The first-order valence-corrected chi connectivity index (χ1v) is 4.47. The van der Waals surface area contributed by atoms with Gasteiger partial charge in [0.05, 0.1) is 22.5 Å². The second kappa shape index (κ2) is 2.98. The van der Waals surface area contributed by atoms with Crippen LogP contribution in [-0.4, -0.2) is 20.9 Å². The van der Waals surface area contributed by atoms with E-state index in [2.05, 4.69) is 5.10 Å². The lowest BCUT2D eigenvalue weighted by atomic mass is 10.1. The molecule has 0 fully saturated rings. The van der Waals surface area contributed by atoms with Crippen molar-refractivity contribution in [1.29, 1.82) is 0 Å². The molecule has 1 heterocycles. The predicted molar refractivity (Wildman–Crippen MR) is 56.8 cm³/mol. The van der Waals surface area contributed by atoms with Crippen LogP contribution in [-0.2, 0) is 7.05 Å². The molecule has 0 bridgehead atoms. The van der Waals surface area contributed by atoms with Crippen molar-refractivity contribution >= 4 is 22.6 Å². The second-order valence-electron chi connectivity index (χ2n) is 3.48. The Morgan fingerprint density at radius 2 is 2.20 bits per heavy atom. The summed E-state index contributed by atoms with van der Waals surface area (Å²) >= 11 is 0. The number of aromatic nitrogens is 2. The lowest BCUT2D eigenvalue weighted by Gasteiger charge is -2.01. The maximum atomic E-state index is 10.8. The molecular formula is C10H11N3O2. The molecule has 0 aliphatic heterocycles. The fourth-order valence-corrected chi connectivity index (χ4v) is 1.75. The zero-order valence-electron chi connectivity index (χ0n) is 8.48. The van der Waals surface area contributed by atoms with Gasteiger partial charge in [0.25, 0.3) is 0 Å². The van der Waals surface area contributed by atoms with Gasteiger partial charge in [0.2, 0.25) is 0 Å². The van der Waals surface area contributed by atoms with Gasteiger partial charge in [-0.3, -0.25) is 4.68 Å². The Labute approximate surface area is 86.1 Å². The summed E-state index contributed by atoms with van der Waals surface area (Å²) in [5.41, 5.74) is 7.97. The standard InChI is InChI=1S/C10H11N3O2/c1-5-7-3-6(10(14)15)4-8(11)9(7)13(2)12-5/h3-4H,11H2,1-2H3,(H,14,15). The fraction of sp³-hybridized carbons (Fsp3) is 0.200. The Bertz CT molecular complexity index is 557. The predicted octanol–water partition coefficient (Wildman–Crippen LogP) is 1.16. The highest BCUT2D eigenvalue weighted by molar-refractivity contribution is 5.99. The molecule has 1 aromatic carbocycles. The maximum Gasteiger partial charge on any atom is 0.335 e. The smallest absolute Gasteiger partial charge is 0.335 e. The molecule has 15 heavy (non-hydrogen) atoms. The number of benzene rings is 1. The van der Waals surface area contributed by atoms with Crippen LogP contribution in [0.15, 0.2) is 12.1 Å². The number of nitrogen functional groups attached to an aromatic ring is 1. The zero-order valence-corrected chi connectivity index (χ0v) is 8.48. The average molecular weight is 205 g/mol. The van der Waals surface area contributed by atoms with Crippen molar-refractivity contribution < 1.29 is 9.90 Å². The van der Waals surface area contributed by atoms with E-state index in [0.29, 0.717) is 5.69 Å². The molecule has 0 saturated carbocycles. The van der Waals surface area contributed by atoms with Gasteiger partial charge in [-0.2, -0.15) is 5.10 Å². The van der Waals surface area contributed by atoms with Gasteiger partial charge in [0, 0.05) is 12.4 Å². The Morgan fingerprint density at radius 3 is 2.80 bits per heavy atom. The number of aromatic carboxylic acids is 1. The van der Waals surface area contributed by atoms with Crippen molar-refractivity contribution in [2.45, 2.75) is 6.92 Å². The summed E-state index contributed by atoms with van der Waals surface area (Å²) in [6.07, 6.45) is 0. The van der Waals surface area contributed by atoms with E-state index in [-0.39, 0.29) is 5.56 Å². The summed E-state index contributed by atoms with van der Waals surface area (Å²) in [5, 5.41) is 13.9. The molecule has 0 atom stereocenters. The quantitative estimate of drug-likeness (QED) is 0.684. The van der Waals surface area contributed by atoms with Crippen LogP contribution >= 0.6 is 0 Å². The first kappa shape index (κ1) is 9.51. The van der Waals surface area contributed by atoms with E-state index in [0.717, 1.165) is 16.6 Å². The molecule has 0 spiro atoms. The van der Waals surface area contributed by atoms with Crippen LogP contribution in [0.25, 0.3) is 10.9 Å². The molecule has 0 aliphatic carbocycles. The minimum absolute atomic E-state index is 0.191.